The number of pyridine rings is 1. The highest BCUT2D eigenvalue weighted by molar-refractivity contribution is 6.15. The van der Waals surface area contributed by atoms with Gasteiger partial charge in [-0.15, -0.1) is 0 Å². The molecule has 0 fully saturated rings. The largest absolute Gasteiger partial charge is 0.390 e. The standard InChI is InChI=1S/C24H20N2O2/c1-26(18-12-6-3-7-13-18)24(28)23-21(16-27)25-20-15-9-8-14-19(20)22(23)17-10-4-2-5-11-17/h2-15,27H,16H2,1H3. The van der Waals surface area contributed by atoms with Gasteiger partial charge in [-0.05, 0) is 23.8 Å². The molecule has 4 aromatic rings. The Morgan fingerprint density at radius 3 is 2.18 bits per heavy atom. The number of anilines is 1. The molecule has 28 heavy (non-hydrogen) atoms. The normalized spacial score (nSPS) is 10.8. The first kappa shape index (κ1) is 17.9. The Morgan fingerprint density at radius 2 is 1.50 bits per heavy atom. The minimum atomic E-state index is -0.311. The number of para-hydroxylation sites is 2. The molecule has 0 aliphatic heterocycles. The second-order valence-electron chi connectivity index (χ2n) is 6.55. The molecule has 4 nitrogen and oxygen atoms in total. The predicted octanol–water partition coefficient (Wildman–Crippen LogP) is 4.67. The lowest BCUT2D eigenvalue weighted by atomic mass is 9.93. The minimum Gasteiger partial charge on any atom is -0.390 e. The average Bonchev–Trinajstić information content (AvgIpc) is 2.77. The number of aliphatic hydroxyl groups excluding tert-OH is 1. The molecule has 0 radical (unpaired) electrons. The molecule has 0 saturated heterocycles. The average molecular weight is 368 g/mol. The zero-order valence-electron chi connectivity index (χ0n) is 15.5. The summed E-state index contributed by atoms with van der Waals surface area (Å²) in [5, 5.41) is 10.9. The quantitative estimate of drug-likeness (QED) is 0.569. The maximum Gasteiger partial charge on any atom is 0.260 e. The third-order valence-corrected chi connectivity index (χ3v) is 4.84. The third kappa shape index (κ3) is 3.15. The maximum atomic E-state index is 13.5. The van der Waals surface area contributed by atoms with E-state index in [-0.39, 0.29) is 12.5 Å². The lowest BCUT2D eigenvalue weighted by Gasteiger charge is -2.22. The van der Waals surface area contributed by atoms with Gasteiger partial charge in [0.25, 0.3) is 5.91 Å². The molecule has 4 rings (SSSR count). The summed E-state index contributed by atoms with van der Waals surface area (Å²) in [6, 6.07) is 26.9. The molecule has 0 spiro atoms. The first-order valence-corrected chi connectivity index (χ1v) is 9.11. The van der Waals surface area contributed by atoms with Crippen molar-refractivity contribution < 1.29 is 9.90 Å². The summed E-state index contributed by atoms with van der Waals surface area (Å²) in [5.74, 6) is -0.202. The number of hydrogen-bond acceptors (Lipinski definition) is 3. The van der Waals surface area contributed by atoms with Gasteiger partial charge in [-0.2, -0.15) is 0 Å². The highest BCUT2D eigenvalue weighted by Gasteiger charge is 2.25. The maximum absolute atomic E-state index is 13.5. The van der Waals surface area contributed by atoms with Crippen LogP contribution in [-0.2, 0) is 6.61 Å². The van der Waals surface area contributed by atoms with Crippen LogP contribution in [0.4, 0.5) is 5.69 Å². The molecule has 0 bridgehead atoms. The number of amides is 1. The van der Waals surface area contributed by atoms with E-state index in [4.69, 9.17) is 0 Å². The van der Waals surface area contributed by atoms with Crippen LogP contribution in [0, 0.1) is 0 Å². The van der Waals surface area contributed by atoms with Crippen molar-refractivity contribution in [2.45, 2.75) is 6.61 Å². The van der Waals surface area contributed by atoms with Crippen molar-refractivity contribution in [1.82, 2.24) is 4.98 Å². The summed E-state index contributed by atoms with van der Waals surface area (Å²) >= 11 is 0. The Bertz CT molecular complexity index is 1130. The number of fused-ring (bicyclic) bond motifs is 1. The lowest BCUT2D eigenvalue weighted by molar-refractivity contribution is 0.0990. The molecule has 0 aliphatic carbocycles. The van der Waals surface area contributed by atoms with E-state index in [1.54, 1.807) is 11.9 Å². The Hall–Kier alpha value is -3.50. The van der Waals surface area contributed by atoms with E-state index in [1.807, 2.05) is 84.9 Å². The van der Waals surface area contributed by atoms with E-state index in [1.165, 1.54) is 0 Å². The predicted molar refractivity (Wildman–Crippen MR) is 112 cm³/mol. The Kier molecular flexibility index (Phi) is 4.87. The summed E-state index contributed by atoms with van der Waals surface area (Å²) in [4.78, 5) is 19.7. The summed E-state index contributed by atoms with van der Waals surface area (Å²) in [5.41, 5.74) is 4.06. The summed E-state index contributed by atoms with van der Waals surface area (Å²) < 4.78 is 0. The Labute approximate surface area is 163 Å². The van der Waals surface area contributed by atoms with Crippen molar-refractivity contribution in [3.8, 4) is 11.1 Å². The molecular weight excluding hydrogens is 348 g/mol. The van der Waals surface area contributed by atoms with Gasteiger partial charge >= 0.3 is 0 Å². The van der Waals surface area contributed by atoms with Crippen LogP contribution in [0.2, 0.25) is 0 Å². The van der Waals surface area contributed by atoms with Crippen molar-refractivity contribution >= 4 is 22.5 Å². The van der Waals surface area contributed by atoms with Crippen molar-refractivity contribution in [2.24, 2.45) is 0 Å². The summed E-state index contributed by atoms with van der Waals surface area (Å²) in [7, 11) is 1.74. The van der Waals surface area contributed by atoms with Crippen LogP contribution >= 0.6 is 0 Å². The van der Waals surface area contributed by atoms with E-state index in [2.05, 4.69) is 4.98 Å². The number of nitrogens with zero attached hydrogens (tertiary/aromatic N) is 2. The van der Waals surface area contributed by atoms with Gasteiger partial charge in [0.05, 0.1) is 23.4 Å². The van der Waals surface area contributed by atoms with E-state index < -0.39 is 0 Å². The van der Waals surface area contributed by atoms with E-state index in [0.717, 1.165) is 27.7 Å². The third-order valence-electron chi connectivity index (χ3n) is 4.84. The highest BCUT2D eigenvalue weighted by Crippen LogP contribution is 2.34. The van der Waals surface area contributed by atoms with Gasteiger partial charge in [0.2, 0.25) is 0 Å². The number of carbonyl (C=O) groups excluding carboxylic acids is 1. The van der Waals surface area contributed by atoms with Crippen molar-refractivity contribution in [2.75, 3.05) is 11.9 Å². The molecular formula is C24H20N2O2. The lowest BCUT2D eigenvalue weighted by Crippen LogP contribution is -2.28. The summed E-state index contributed by atoms with van der Waals surface area (Å²) in [6.45, 7) is -0.311. The van der Waals surface area contributed by atoms with Gasteiger partial charge in [-0.1, -0.05) is 66.7 Å². The molecule has 1 amide bonds. The fourth-order valence-electron chi connectivity index (χ4n) is 3.45. The number of hydrogen-bond donors (Lipinski definition) is 1. The van der Waals surface area contributed by atoms with Crippen LogP contribution in [0.25, 0.3) is 22.0 Å². The number of aromatic nitrogens is 1. The second kappa shape index (κ2) is 7.62. The molecule has 3 aromatic carbocycles. The Balaban J connectivity index is 2.00. The van der Waals surface area contributed by atoms with Crippen LogP contribution in [0.5, 0.6) is 0 Å². The number of rotatable bonds is 4. The van der Waals surface area contributed by atoms with Crippen molar-refractivity contribution in [3.63, 3.8) is 0 Å². The molecule has 0 unspecified atom stereocenters. The van der Waals surface area contributed by atoms with Gasteiger partial charge in [0.1, 0.15) is 0 Å². The van der Waals surface area contributed by atoms with Crippen LogP contribution in [0.15, 0.2) is 84.9 Å². The topological polar surface area (TPSA) is 53.4 Å². The van der Waals surface area contributed by atoms with Crippen LogP contribution in [0.3, 0.4) is 0 Å². The zero-order valence-corrected chi connectivity index (χ0v) is 15.5. The molecule has 1 N–H and O–H groups in total. The van der Waals surface area contributed by atoms with Gasteiger partial charge in [0.15, 0.2) is 0 Å². The molecule has 1 aromatic heterocycles. The fraction of sp³-hybridized carbons (Fsp3) is 0.0833. The number of aliphatic hydroxyl groups is 1. The molecule has 4 heteroatoms. The van der Waals surface area contributed by atoms with Crippen molar-refractivity contribution in [1.29, 1.82) is 0 Å². The van der Waals surface area contributed by atoms with Crippen LogP contribution in [-0.4, -0.2) is 23.0 Å². The molecule has 138 valence electrons. The molecule has 0 saturated carbocycles. The monoisotopic (exact) mass is 368 g/mol. The fourth-order valence-corrected chi connectivity index (χ4v) is 3.45. The molecule has 1 heterocycles. The molecule has 0 aliphatic rings. The molecule has 0 atom stereocenters. The van der Waals surface area contributed by atoms with E-state index >= 15 is 0 Å². The SMILES string of the molecule is CN(C(=O)c1c(CO)nc2ccccc2c1-c1ccccc1)c1ccccc1. The number of carbonyl (C=O) groups is 1. The van der Waals surface area contributed by atoms with E-state index in [9.17, 15) is 9.90 Å². The Morgan fingerprint density at radius 1 is 0.893 bits per heavy atom. The first-order valence-electron chi connectivity index (χ1n) is 9.11. The van der Waals surface area contributed by atoms with E-state index in [0.29, 0.717) is 11.3 Å². The minimum absolute atomic E-state index is 0.202. The second-order valence-corrected chi connectivity index (χ2v) is 6.55. The van der Waals surface area contributed by atoms with Gasteiger partial charge in [0, 0.05) is 23.7 Å². The zero-order chi connectivity index (χ0) is 19.5. The van der Waals surface area contributed by atoms with Crippen LogP contribution in [0.1, 0.15) is 16.1 Å². The van der Waals surface area contributed by atoms with Gasteiger partial charge in [-0.25, -0.2) is 4.98 Å². The van der Waals surface area contributed by atoms with Gasteiger partial charge < -0.3 is 10.0 Å². The van der Waals surface area contributed by atoms with Crippen LogP contribution < -0.4 is 4.90 Å². The summed E-state index contributed by atoms with van der Waals surface area (Å²) in [6.07, 6.45) is 0. The highest BCUT2D eigenvalue weighted by atomic mass is 16.3. The number of benzene rings is 3. The first-order chi connectivity index (χ1) is 13.7. The van der Waals surface area contributed by atoms with Gasteiger partial charge in [-0.3, -0.25) is 4.79 Å². The smallest absolute Gasteiger partial charge is 0.260 e. The van der Waals surface area contributed by atoms with Crippen molar-refractivity contribution in [3.05, 3.63) is 96.2 Å².